The van der Waals surface area contributed by atoms with Crippen LogP contribution in [0.5, 0.6) is 0 Å². The highest BCUT2D eigenvalue weighted by Gasteiger charge is 2.73. The van der Waals surface area contributed by atoms with Gasteiger partial charge in [-0.05, 0) is 55.7 Å². The molecule has 4 atom stereocenters. The van der Waals surface area contributed by atoms with Crippen molar-refractivity contribution in [3.8, 4) is 6.07 Å². The summed E-state index contributed by atoms with van der Waals surface area (Å²) in [6.07, 6.45) is -3.53. The summed E-state index contributed by atoms with van der Waals surface area (Å²) in [6.45, 7) is 1.75. The number of ether oxygens (including phenoxy) is 1. The normalized spacial score (nSPS) is 30.6. The Labute approximate surface area is 186 Å². The van der Waals surface area contributed by atoms with Crippen LogP contribution in [0.2, 0.25) is 0 Å². The molecule has 33 heavy (non-hydrogen) atoms. The van der Waals surface area contributed by atoms with Crippen molar-refractivity contribution in [3.05, 3.63) is 65.0 Å². The zero-order chi connectivity index (χ0) is 23.8. The van der Waals surface area contributed by atoms with Gasteiger partial charge in [-0.15, -0.1) is 0 Å². The second-order valence-electron chi connectivity index (χ2n) is 9.09. The molecule has 3 aliphatic heterocycles. The molecule has 0 saturated carbocycles. The van der Waals surface area contributed by atoms with E-state index in [0.717, 1.165) is 16.5 Å². The summed E-state index contributed by atoms with van der Waals surface area (Å²) in [4.78, 5) is 27.7. The highest BCUT2D eigenvalue weighted by molar-refractivity contribution is 6.23. The monoisotopic (exact) mass is 458 g/mol. The van der Waals surface area contributed by atoms with Crippen molar-refractivity contribution in [1.29, 1.82) is 5.26 Å². The van der Waals surface area contributed by atoms with Gasteiger partial charge in [0.1, 0.15) is 5.82 Å². The molecule has 5 nitrogen and oxygen atoms in total. The van der Waals surface area contributed by atoms with E-state index in [2.05, 4.69) is 0 Å². The van der Waals surface area contributed by atoms with Gasteiger partial charge in [0.15, 0.2) is 0 Å². The Bertz CT molecular complexity index is 1220. The van der Waals surface area contributed by atoms with Gasteiger partial charge in [-0.25, -0.2) is 9.29 Å². The van der Waals surface area contributed by atoms with E-state index in [-0.39, 0.29) is 12.1 Å². The molecule has 3 heterocycles. The van der Waals surface area contributed by atoms with Crippen LogP contribution in [0.1, 0.15) is 36.5 Å². The topological polar surface area (TPSA) is 70.4 Å². The SMILES string of the molecule is C[C@]12CC[C@](Cc3ccc(F)cc3)(O1)[C@@H]1C(=O)N(c3ccc(C#N)c(C(F)(F)F)c3)C(=O)[C@@H]12. The highest BCUT2D eigenvalue weighted by Crippen LogP contribution is 2.62. The van der Waals surface area contributed by atoms with Gasteiger partial charge in [0.25, 0.3) is 0 Å². The van der Waals surface area contributed by atoms with Crippen LogP contribution in [0.25, 0.3) is 0 Å². The molecule has 2 amide bonds. The first-order valence-corrected chi connectivity index (χ1v) is 10.4. The number of amides is 2. The smallest absolute Gasteiger partial charge is 0.367 e. The van der Waals surface area contributed by atoms with Gasteiger partial charge in [0.05, 0.1) is 45.9 Å². The Kier molecular flexibility index (Phi) is 4.50. The van der Waals surface area contributed by atoms with E-state index in [1.165, 1.54) is 24.3 Å². The Hall–Kier alpha value is -3.25. The number of nitrogens with zero attached hydrogens (tertiary/aromatic N) is 2. The van der Waals surface area contributed by atoms with E-state index >= 15 is 0 Å². The number of hydrogen-bond acceptors (Lipinski definition) is 4. The number of benzene rings is 2. The molecule has 170 valence electrons. The Morgan fingerprint density at radius 3 is 2.39 bits per heavy atom. The number of fused-ring (bicyclic) bond motifs is 5. The minimum atomic E-state index is -4.82. The van der Waals surface area contributed by atoms with E-state index in [1.54, 1.807) is 19.1 Å². The third-order valence-corrected chi connectivity index (χ3v) is 7.12. The van der Waals surface area contributed by atoms with Crippen molar-refractivity contribution in [1.82, 2.24) is 0 Å². The highest BCUT2D eigenvalue weighted by atomic mass is 19.4. The van der Waals surface area contributed by atoms with Crippen LogP contribution in [0.4, 0.5) is 23.2 Å². The maximum Gasteiger partial charge on any atom is 0.417 e. The molecule has 0 N–H and O–H groups in total. The van der Waals surface area contributed by atoms with Crippen LogP contribution < -0.4 is 4.90 Å². The summed E-state index contributed by atoms with van der Waals surface area (Å²) >= 11 is 0. The number of nitriles is 1. The van der Waals surface area contributed by atoms with E-state index in [9.17, 15) is 27.2 Å². The fourth-order valence-electron chi connectivity index (χ4n) is 5.72. The summed E-state index contributed by atoms with van der Waals surface area (Å²) in [5, 5.41) is 9.04. The molecule has 0 spiro atoms. The van der Waals surface area contributed by atoms with Gasteiger partial charge in [0, 0.05) is 6.42 Å². The maximum atomic E-state index is 13.5. The Morgan fingerprint density at radius 1 is 1.09 bits per heavy atom. The number of hydrogen-bond donors (Lipinski definition) is 0. The predicted molar refractivity (Wildman–Crippen MR) is 107 cm³/mol. The summed E-state index contributed by atoms with van der Waals surface area (Å²) in [5.74, 6) is -3.32. The maximum absolute atomic E-state index is 13.5. The number of anilines is 1. The fourth-order valence-corrected chi connectivity index (χ4v) is 5.72. The van der Waals surface area contributed by atoms with E-state index in [0.29, 0.717) is 18.9 Å². The number of alkyl halides is 3. The second-order valence-corrected chi connectivity index (χ2v) is 9.09. The average molecular weight is 458 g/mol. The van der Waals surface area contributed by atoms with Crippen molar-refractivity contribution in [3.63, 3.8) is 0 Å². The minimum Gasteiger partial charge on any atom is -0.367 e. The Morgan fingerprint density at radius 2 is 1.76 bits per heavy atom. The van der Waals surface area contributed by atoms with Crippen LogP contribution >= 0.6 is 0 Å². The van der Waals surface area contributed by atoms with Gasteiger partial charge in [-0.2, -0.15) is 18.4 Å². The summed E-state index contributed by atoms with van der Waals surface area (Å²) < 4.78 is 60.1. The first-order chi connectivity index (χ1) is 15.5. The third kappa shape index (κ3) is 3.08. The van der Waals surface area contributed by atoms with E-state index < -0.39 is 58.0 Å². The number of carbonyl (C=O) groups is 2. The quantitative estimate of drug-likeness (QED) is 0.506. The van der Waals surface area contributed by atoms with Crippen LogP contribution in [-0.4, -0.2) is 23.0 Å². The molecule has 3 aliphatic rings. The van der Waals surface area contributed by atoms with Crippen molar-refractivity contribution >= 4 is 17.5 Å². The number of imide groups is 1. The molecular weight excluding hydrogens is 440 g/mol. The van der Waals surface area contributed by atoms with Crippen molar-refractivity contribution in [2.45, 2.75) is 43.6 Å². The molecule has 3 fully saturated rings. The summed E-state index contributed by atoms with van der Waals surface area (Å²) in [7, 11) is 0. The van der Waals surface area contributed by atoms with Crippen LogP contribution in [0.3, 0.4) is 0 Å². The van der Waals surface area contributed by atoms with Gasteiger partial charge in [-0.3, -0.25) is 9.59 Å². The molecule has 2 aromatic rings. The summed E-state index contributed by atoms with van der Waals surface area (Å²) in [5.41, 5.74) is -3.20. The van der Waals surface area contributed by atoms with Gasteiger partial charge >= 0.3 is 6.18 Å². The van der Waals surface area contributed by atoms with Gasteiger partial charge < -0.3 is 4.74 Å². The molecular formula is C24H18F4N2O3. The number of rotatable bonds is 3. The lowest BCUT2D eigenvalue weighted by atomic mass is 9.66. The largest absolute Gasteiger partial charge is 0.417 e. The standard InChI is InChI=1S/C24H18F4N2O3/c1-22-8-9-23(33-22,11-13-2-5-15(25)6-3-13)19-18(22)20(31)30(21(19)32)16-7-4-14(12-29)17(10-16)24(26,27)28/h2-7,10,18-19H,8-9,11H2,1H3/t18-,19+,22-,23-/m1/s1. The average Bonchev–Trinajstić information content (AvgIpc) is 3.33. The molecule has 3 saturated heterocycles. The van der Waals surface area contributed by atoms with Crippen molar-refractivity contribution in [2.75, 3.05) is 4.90 Å². The third-order valence-electron chi connectivity index (χ3n) is 7.12. The molecule has 2 bridgehead atoms. The van der Waals surface area contributed by atoms with Gasteiger partial charge in [-0.1, -0.05) is 12.1 Å². The van der Waals surface area contributed by atoms with Crippen LogP contribution in [0.15, 0.2) is 42.5 Å². The molecule has 2 aromatic carbocycles. The lowest BCUT2D eigenvalue weighted by Gasteiger charge is -2.31. The van der Waals surface area contributed by atoms with Crippen LogP contribution in [0, 0.1) is 29.0 Å². The van der Waals surface area contributed by atoms with Crippen molar-refractivity contribution < 1.29 is 31.9 Å². The minimum absolute atomic E-state index is 0.217. The number of carbonyl (C=O) groups excluding carboxylic acids is 2. The molecule has 0 unspecified atom stereocenters. The zero-order valence-corrected chi connectivity index (χ0v) is 17.4. The van der Waals surface area contributed by atoms with E-state index in [4.69, 9.17) is 10.00 Å². The first kappa shape index (κ1) is 21.6. The fraction of sp³-hybridized carbons (Fsp3) is 0.375. The Balaban J connectivity index is 1.55. The molecule has 0 aliphatic carbocycles. The lowest BCUT2D eigenvalue weighted by Crippen LogP contribution is -2.43. The molecule has 0 aromatic heterocycles. The molecule has 0 radical (unpaired) electrons. The summed E-state index contributed by atoms with van der Waals surface area (Å²) in [6, 6.07) is 10.1. The van der Waals surface area contributed by atoms with E-state index in [1.807, 2.05) is 0 Å². The van der Waals surface area contributed by atoms with Crippen LogP contribution in [-0.2, 0) is 26.9 Å². The lowest BCUT2D eigenvalue weighted by molar-refractivity contribution is -0.138. The zero-order valence-electron chi connectivity index (χ0n) is 17.4. The first-order valence-electron chi connectivity index (χ1n) is 10.4. The number of halogens is 4. The van der Waals surface area contributed by atoms with Gasteiger partial charge in [0.2, 0.25) is 11.8 Å². The second kappa shape index (κ2) is 6.87. The molecule has 5 rings (SSSR count). The predicted octanol–water partition coefficient (Wildman–Crippen LogP) is 4.39. The van der Waals surface area contributed by atoms with Crippen molar-refractivity contribution in [2.24, 2.45) is 11.8 Å². The molecule has 9 heteroatoms.